The highest BCUT2D eigenvalue weighted by Crippen LogP contribution is 2.25. The summed E-state index contributed by atoms with van der Waals surface area (Å²) >= 11 is 0. The fraction of sp³-hybridized carbons (Fsp3) is 0.316. The van der Waals surface area contributed by atoms with E-state index in [1.807, 2.05) is 69.3 Å². The Hall–Kier alpha value is -2.33. The Bertz CT molecular complexity index is 679. The smallest absolute Gasteiger partial charge is 0.248 e. The Labute approximate surface area is 137 Å². The number of nitrogens with two attached hydrogens (primary N) is 1. The minimum Gasteiger partial charge on any atom is -0.491 e. The van der Waals surface area contributed by atoms with Crippen LogP contribution in [-0.2, 0) is 10.3 Å². The Morgan fingerprint density at radius 3 is 2.39 bits per heavy atom. The number of hydrogen-bond acceptors (Lipinski definition) is 3. The van der Waals surface area contributed by atoms with E-state index in [9.17, 15) is 4.79 Å². The van der Waals surface area contributed by atoms with Gasteiger partial charge in [-0.3, -0.25) is 4.79 Å². The van der Waals surface area contributed by atoms with Crippen molar-refractivity contribution >= 4 is 11.6 Å². The maximum atomic E-state index is 12.5. The summed E-state index contributed by atoms with van der Waals surface area (Å²) in [5.41, 5.74) is 7.58. The van der Waals surface area contributed by atoms with Gasteiger partial charge in [-0.15, -0.1) is 0 Å². The SMILES string of the molecule is Cc1cc(NC(=O)C(C)(N)c2ccccc2)ccc1OC(C)C. The molecule has 122 valence electrons. The number of aryl methyl sites for hydroxylation is 1. The van der Waals surface area contributed by atoms with Gasteiger partial charge in [-0.05, 0) is 57.0 Å². The summed E-state index contributed by atoms with van der Waals surface area (Å²) in [5.74, 6) is 0.567. The number of hydrogen-bond donors (Lipinski definition) is 2. The summed E-state index contributed by atoms with van der Waals surface area (Å²) in [6.07, 6.45) is 0.111. The number of nitrogens with one attached hydrogen (secondary N) is 1. The molecule has 0 saturated heterocycles. The van der Waals surface area contributed by atoms with E-state index in [0.717, 1.165) is 16.9 Å². The molecular weight excluding hydrogens is 288 g/mol. The highest BCUT2D eigenvalue weighted by atomic mass is 16.5. The van der Waals surface area contributed by atoms with Gasteiger partial charge < -0.3 is 15.8 Å². The van der Waals surface area contributed by atoms with Crippen LogP contribution in [0.1, 0.15) is 31.9 Å². The lowest BCUT2D eigenvalue weighted by Gasteiger charge is -2.24. The minimum absolute atomic E-state index is 0.111. The molecule has 23 heavy (non-hydrogen) atoms. The number of amides is 1. The van der Waals surface area contributed by atoms with Crippen LogP contribution in [0, 0.1) is 6.92 Å². The average Bonchev–Trinajstić information content (AvgIpc) is 2.50. The fourth-order valence-electron chi connectivity index (χ4n) is 2.29. The molecule has 3 N–H and O–H groups in total. The quantitative estimate of drug-likeness (QED) is 0.886. The van der Waals surface area contributed by atoms with Crippen LogP contribution >= 0.6 is 0 Å². The number of rotatable bonds is 5. The molecular formula is C19H24N2O2. The molecule has 0 bridgehead atoms. The van der Waals surface area contributed by atoms with Crippen molar-refractivity contribution < 1.29 is 9.53 Å². The Morgan fingerprint density at radius 2 is 1.83 bits per heavy atom. The van der Waals surface area contributed by atoms with Crippen LogP contribution in [0.4, 0.5) is 5.69 Å². The third kappa shape index (κ3) is 4.11. The highest BCUT2D eigenvalue weighted by molar-refractivity contribution is 5.98. The fourth-order valence-corrected chi connectivity index (χ4v) is 2.29. The van der Waals surface area contributed by atoms with Crippen LogP contribution in [0.3, 0.4) is 0 Å². The van der Waals surface area contributed by atoms with Gasteiger partial charge in [-0.1, -0.05) is 30.3 Å². The maximum Gasteiger partial charge on any atom is 0.248 e. The maximum absolute atomic E-state index is 12.5. The third-order valence-electron chi connectivity index (χ3n) is 3.64. The van der Waals surface area contributed by atoms with Crippen molar-refractivity contribution in [3.05, 3.63) is 59.7 Å². The first kappa shape index (κ1) is 17.0. The lowest BCUT2D eigenvalue weighted by atomic mass is 9.92. The molecule has 0 aliphatic rings. The first-order valence-corrected chi connectivity index (χ1v) is 7.74. The summed E-state index contributed by atoms with van der Waals surface area (Å²) in [6.45, 7) is 7.62. The number of benzene rings is 2. The molecule has 2 rings (SSSR count). The van der Waals surface area contributed by atoms with Crippen LogP contribution in [0.5, 0.6) is 5.75 Å². The molecule has 1 amide bonds. The van der Waals surface area contributed by atoms with Gasteiger partial charge in [0, 0.05) is 5.69 Å². The van der Waals surface area contributed by atoms with Crippen molar-refractivity contribution in [2.45, 2.75) is 39.3 Å². The summed E-state index contributed by atoms with van der Waals surface area (Å²) in [5, 5.41) is 2.88. The molecule has 2 aromatic rings. The Kier molecular flexibility index (Phi) is 5.06. The lowest BCUT2D eigenvalue weighted by molar-refractivity contribution is -0.120. The monoisotopic (exact) mass is 312 g/mol. The topological polar surface area (TPSA) is 64.4 Å². The van der Waals surface area contributed by atoms with Gasteiger partial charge in [-0.2, -0.15) is 0 Å². The van der Waals surface area contributed by atoms with Crippen molar-refractivity contribution in [2.24, 2.45) is 5.73 Å². The van der Waals surface area contributed by atoms with Gasteiger partial charge in [0.25, 0.3) is 0 Å². The molecule has 0 saturated carbocycles. The summed E-state index contributed by atoms with van der Waals surface area (Å²) < 4.78 is 5.70. The van der Waals surface area contributed by atoms with Gasteiger partial charge in [0.2, 0.25) is 5.91 Å². The summed E-state index contributed by atoms with van der Waals surface area (Å²) in [4.78, 5) is 12.5. The highest BCUT2D eigenvalue weighted by Gasteiger charge is 2.30. The van der Waals surface area contributed by atoms with Crippen molar-refractivity contribution in [1.29, 1.82) is 0 Å². The first-order valence-electron chi connectivity index (χ1n) is 7.74. The molecule has 0 heterocycles. The minimum atomic E-state index is -1.09. The van der Waals surface area contributed by atoms with E-state index >= 15 is 0 Å². The standard InChI is InChI=1S/C19H24N2O2/c1-13(2)23-17-11-10-16(12-14(17)3)21-18(22)19(4,20)15-8-6-5-7-9-15/h5-13H,20H2,1-4H3,(H,21,22). The van der Waals surface area contributed by atoms with Crippen LogP contribution in [-0.4, -0.2) is 12.0 Å². The Morgan fingerprint density at radius 1 is 1.17 bits per heavy atom. The van der Waals surface area contributed by atoms with E-state index in [-0.39, 0.29) is 12.0 Å². The molecule has 0 radical (unpaired) electrons. The largest absolute Gasteiger partial charge is 0.491 e. The van der Waals surface area contributed by atoms with Crippen molar-refractivity contribution in [2.75, 3.05) is 5.32 Å². The Balaban J connectivity index is 2.15. The zero-order valence-electron chi connectivity index (χ0n) is 14.1. The molecule has 2 aromatic carbocycles. The lowest BCUT2D eigenvalue weighted by Crippen LogP contribution is -2.45. The number of ether oxygens (including phenoxy) is 1. The van der Waals surface area contributed by atoms with Gasteiger partial charge in [-0.25, -0.2) is 0 Å². The van der Waals surface area contributed by atoms with Crippen molar-refractivity contribution in [3.63, 3.8) is 0 Å². The van der Waals surface area contributed by atoms with Gasteiger partial charge in [0.05, 0.1) is 6.10 Å². The molecule has 0 aliphatic carbocycles. The van der Waals surface area contributed by atoms with Crippen molar-refractivity contribution in [3.8, 4) is 5.75 Å². The third-order valence-corrected chi connectivity index (χ3v) is 3.64. The molecule has 0 aromatic heterocycles. The summed E-state index contributed by atoms with van der Waals surface area (Å²) in [7, 11) is 0. The molecule has 4 heteroatoms. The zero-order chi connectivity index (χ0) is 17.0. The van der Waals surface area contributed by atoms with Gasteiger partial charge in [0.1, 0.15) is 11.3 Å². The predicted octanol–water partition coefficient (Wildman–Crippen LogP) is 3.59. The number of anilines is 1. The van der Waals surface area contributed by atoms with E-state index < -0.39 is 5.54 Å². The molecule has 1 unspecified atom stereocenters. The van der Waals surface area contributed by atoms with E-state index in [1.165, 1.54) is 0 Å². The van der Waals surface area contributed by atoms with Gasteiger partial charge in [0.15, 0.2) is 0 Å². The molecule has 1 atom stereocenters. The van der Waals surface area contributed by atoms with Crippen LogP contribution < -0.4 is 15.8 Å². The van der Waals surface area contributed by atoms with E-state index in [0.29, 0.717) is 5.69 Å². The predicted molar refractivity (Wildman–Crippen MR) is 93.6 cm³/mol. The second-order valence-electron chi connectivity index (χ2n) is 6.17. The second kappa shape index (κ2) is 6.84. The normalized spacial score (nSPS) is 13.5. The van der Waals surface area contributed by atoms with Crippen LogP contribution in [0.2, 0.25) is 0 Å². The molecule has 0 spiro atoms. The van der Waals surface area contributed by atoms with Crippen LogP contribution in [0.15, 0.2) is 48.5 Å². The summed E-state index contributed by atoms with van der Waals surface area (Å²) in [6, 6.07) is 14.9. The van der Waals surface area contributed by atoms with E-state index in [2.05, 4.69) is 5.32 Å². The molecule has 0 fully saturated rings. The van der Waals surface area contributed by atoms with Gasteiger partial charge >= 0.3 is 0 Å². The van der Waals surface area contributed by atoms with Crippen molar-refractivity contribution in [1.82, 2.24) is 0 Å². The average molecular weight is 312 g/mol. The molecule has 0 aliphatic heterocycles. The van der Waals surface area contributed by atoms with E-state index in [1.54, 1.807) is 6.92 Å². The number of carbonyl (C=O) groups excluding carboxylic acids is 1. The second-order valence-corrected chi connectivity index (χ2v) is 6.17. The number of carbonyl (C=O) groups is 1. The first-order chi connectivity index (χ1) is 10.8. The zero-order valence-corrected chi connectivity index (χ0v) is 14.1. The van der Waals surface area contributed by atoms with E-state index in [4.69, 9.17) is 10.5 Å². The molecule has 4 nitrogen and oxygen atoms in total. The van der Waals surface area contributed by atoms with Crippen LogP contribution in [0.25, 0.3) is 0 Å².